The number of carboxylic acids is 1. The van der Waals surface area contributed by atoms with E-state index in [1.807, 2.05) is 73.7 Å². The summed E-state index contributed by atoms with van der Waals surface area (Å²) >= 11 is 0. The molecule has 13 nitrogen and oxygen atoms in total. The Labute approximate surface area is 310 Å². The number of allylic oxidation sites excluding steroid dienone is 1. The molecule has 3 aliphatic rings. The number of para-hydroxylation sites is 2. The van der Waals surface area contributed by atoms with Crippen molar-refractivity contribution in [1.82, 2.24) is 25.5 Å². The maximum atomic E-state index is 14.5. The van der Waals surface area contributed by atoms with Gasteiger partial charge in [-0.1, -0.05) is 67.5 Å². The number of aliphatic carboxylic acids is 1. The smallest absolute Gasteiger partial charge is 0.408 e. The van der Waals surface area contributed by atoms with Gasteiger partial charge in [0.15, 0.2) is 5.82 Å². The minimum atomic E-state index is -1.45. The maximum Gasteiger partial charge on any atom is 0.408 e. The predicted octanol–water partition coefficient (Wildman–Crippen LogP) is 5.38. The van der Waals surface area contributed by atoms with Gasteiger partial charge in [-0.05, 0) is 71.1 Å². The number of aromatic nitrogens is 2. The number of ether oxygens (including phenoxy) is 2. The Kier molecular flexibility index (Phi) is 11.2. The average Bonchev–Trinajstić information content (AvgIpc) is 3.65. The second-order valence-electron chi connectivity index (χ2n) is 15.2. The summed E-state index contributed by atoms with van der Waals surface area (Å²) in [5, 5.41) is 15.8. The molecule has 0 spiro atoms. The molecule has 3 N–H and O–H groups in total. The second kappa shape index (κ2) is 15.8. The summed E-state index contributed by atoms with van der Waals surface area (Å²) in [6, 6.07) is 15.5. The number of alkyl carbamates (subject to hydrolysis) is 1. The number of benzene rings is 2. The van der Waals surface area contributed by atoms with Crippen LogP contribution in [-0.2, 0) is 25.7 Å². The van der Waals surface area contributed by atoms with E-state index in [0.717, 1.165) is 24.8 Å². The fraction of sp³-hybridized carbons (Fsp3) is 0.500. The largest absolute Gasteiger partial charge is 0.479 e. The van der Waals surface area contributed by atoms with Gasteiger partial charge in [0, 0.05) is 25.4 Å². The lowest BCUT2D eigenvalue weighted by molar-refractivity contribution is -0.145. The van der Waals surface area contributed by atoms with Crippen molar-refractivity contribution in [1.29, 1.82) is 0 Å². The Morgan fingerprint density at radius 2 is 1.75 bits per heavy atom. The molecule has 6 rings (SSSR count). The van der Waals surface area contributed by atoms with Crippen LogP contribution in [0.25, 0.3) is 11.0 Å². The van der Waals surface area contributed by atoms with Crippen LogP contribution in [0.3, 0.4) is 0 Å². The van der Waals surface area contributed by atoms with Crippen LogP contribution in [0.2, 0.25) is 0 Å². The highest BCUT2D eigenvalue weighted by molar-refractivity contribution is 5.96. The van der Waals surface area contributed by atoms with Gasteiger partial charge >= 0.3 is 12.1 Å². The highest BCUT2D eigenvalue weighted by atomic mass is 16.6. The minimum Gasteiger partial charge on any atom is -0.479 e. The summed E-state index contributed by atoms with van der Waals surface area (Å²) in [6.07, 6.45) is 6.11. The molecular formula is C40H50N6O7. The number of fused-ring (bicyclic) bond motifs is 3. The first kappa shape index (κ1) is 37.6. The molecule has 2 aromatic carbocycles. The number of amides is 3. The molecule has 3 heterocycles. The summed E-state index contributed by atoms with van der Waals surface area (Å²) in [7, 11) is 0. The van der Waals surface area contributed by atoms with Crippen molar-refractivity contribution in [3.05, 3.63) is 72.3 Å². The van der Waals surface area contributed by atoms with Crippen molar-refractivity contribution in [2.75, 3.05) is 18.0 Å². The normalized spacial score (nSPS) is 25.5. The fourth-order valence-corrected chi connectivity index (χ4v) is 7.15. The van der Waals surface area contributed by atoms with Crippen LogP contribution in [0.5, 0.6) is 5.88 Å². The standard InChI is InChI=1S/C40H50N6O7/c1-5-45(24-26-16-10-9-11-17-26)33-35(42-30-20-15-14-19-29(30)41-33)52-28-22-32-34(47)44-40(37(49)50)23-27(40)18-12-7-6-8-13-21-31(36(48)46(32)25-28)43-38(51)53-39(2,3)4/h9-12,14-20,27-28,31-32H,5-8,13,21-25H2,1-4H3,(H,43,51)(H,44,47)(H,49,50)/b18-12-/t27?,28-,31-,32?,40?/m1/s1. The first-order valence-corrected chi connectivity index (χ1v) is 18.6. The third-order valence-electron chi connectivity index (χ3n) is 10.0. The van der Waals surface area contributed by atoms with E-state index < -0.39 is 53.2 Å². The number of hydrogen-bond acceptors (Lipinski definition) is 9. The number of carboxylic acid groups (broad SMARTS) is 1. The lowest BCUT2D eigenvalue weighted by atomic mass is 10.0. The molecule has 5 atom stereocenters. The number of anilines is 1. The first-order chi connectivity index (χ1) is 25.4. The topological polar surface area (TPSA) is 163 Å². The number of rotatable bonds is 8. The molecule has 1 aliphatic carbocycles. The molecule has 2 aliphatic heterocycles. The van der Waals surface area contributed by atoms with E-state index in [1.54, 1.807) is 20.8 Å². The Hall–Kier alpha value is -5.20. The van der Waals surface area contributed by atoms with Gasteiger partial charge in [-0.25, -0.2) is 19.6 Å². The van der Waals surface area contributed by atoms with Gasteiger partial charge < -0.3 is 35.0 Å². The zero-order chi connectivity index (χ0) is 37.8. The number of carbonyl (C=O) groups excluding carboxylic acids is 3. The summed E-state index contributed by atoms with van der Waals surface area (Å²) in [5.41, 5.74) is 0.158. The molecule has 1 saturated heterocycles. The Balaban J connectivity index is 1.33. The van der Waals surface area contributed by atoms with Crippen LogP contribution in [0.1, 0.15) is 78.2 Å². The van der Waals surface area contributed by atoms with Crippen molar-refractivity contribution in [2.24, 2.45) is 5.92 Å². The van der Waals surface area contributed by atoms with Crippen LogP contribution >= 0.6 is 0 Å². The molecule has 282 valence electrons. The summed E-state index contributed by atoms with van der Waals surface area (Å²) in [4.78, 5) is 67.5. The summed E-state index contributed by atoms with van der Waals surface area (Å²) < 4.78 is 12.1. The lowest BCUT2D eigenvalue weighted by Crippen LogP contribution is -2.56. The van der Waals surface area contributed by atoms with Crippen molar-refractivity contribution >= 4 is 40.7 Å². The average molecular weight is 727 g/mol. The van der Waals surface area contributed by atoms with Gasteiger partial charge in [0.25, 0.3) is 5.88 Å². The molecule has 1 aromatic heterocycles. The molecule has 0 radical (unpaired) electrons. The number of nitrogens with zero attached hydrogens (tertiary/aromatic N) is 4. The molecule has 2 fully saturated rings. The van der Waals surface area contributed by atoms with E-state index in [1.165, 1.54) is 4.90 Å². The van der Waals surface area contributed by atoms with Gasteiger partial charge in [-0.2, -0.15) is 0 Å². The lowest BCUT2D eigenvalue weighted by Gasteiger charge is -2.30. The van der Waals surface area contributed by atoms with Gasteiger partial charge in [0.05, 0.1) is 17.6 Å². The van der Waals surface area contributed by atoms with Crippen LogP contribution in [-0.4, -0.2) is 86.3 Å². The molecule has 3 aromatic rings. The summed E-state index contributed by atoms with van der Waals surface area (Å²) in [5.74, 6) is -1.73. The van der Waals surface area contributed by atoms with E-state index in [9.17, 15) is 24.3 Å². The van der Waals surface area contributed by atoms with Crippen LogP contribution in [0.4, 0.5) is 10.6 Å². The maximum absolute atomic E-state index is 14.5. The second-order valence-corrected chi connectivity index (χ2v) is 15.2. The quantitative estimate of drug-likeness (QED) is 0.257. The van der Waals surface area contributed by atoms with E-state index in [0.29, 0.717) is 42.8 Å². The molecule has 53 heavy (non-hydrogen) atoms. The molecule has 13 heteroatoms. The van der Waals surface area contributed by atoms with E-state index >= 15 is 0 Å². The van der Waals surface area contributed by atoms with Crippen LogP contribution in [0, 0.1) is 5.92 Å². The van der Waals surface area contributed by atoms with Crippen LogP contribution in [0.15, 0.2) is 66.7 Å². The first-order valence-electron chi connectivity index (χ1n) is 18.6. The van der Waals surface area contributed by atoms with Gasteiger partial charge in [-0.15, -0.1) is 0 Å². The predicted molar refractivity (Wildman–Crippen MR) is 199 cm³/mol. The monoisotopic (exact) mass is 726 g/mol. The zero-order valence-corrected chi connectivity index (χ0v) is 30.9. The van der Waals surface area contributed by atoms with Gasteiger partial charge in [0.1, 0.15) is 29.3 Å². The molecule has 3 amide bonds. The molecule has 0 bridgehead atoms. The van der Waals surface area contributed by atoms with Crippen molar-refractivity contribution < 1.29 is 33.8 Å². The Morgan fingerprint density at radius 1 is 1.04 bits per heavy atom. The zero-order valence-electron chi connectivity index (χ0n) is 30.9. The highest BCUT2D eigenvalue weighted by Gasteiger charge is 2.61. The number of hydrogen-bond donors (Lipinski definition) is 3. The number of carbonyl (C=O) groups is 4. The fourth-order valence-electron chi connectivity index (χ4n) is 7.15. The van der Waals surface area contributed by atoms with Crippen molar-refractivity contribution in [3.63, 3.8) is 0 Å². The Bertz CT molecular complexity index is 1850. The van der Waals surface area contributed by atoms with E-state index in [2.05, 4.69) is 15.5 Å². The SMILES string of the molecule is CCN(Cc1ccccc1)c1nc2ccccc2nc1O[C@@H]1CC2C(=O)NC3(C(=O)O)CC3/C=C\CCCCC[C@@H](NC(=O)OC(C)(C)C)C(=O)N2C1. The summed E-state index contributed by atoms with van der Waals surface area (Å²) in [6.45, 7) is 8.41. The van der Waals surface area contributed by atoms with Gasteiger partial charge in [-0.3, -0.25) is 9.59 Å². The highest BCUT2D eigenvalue weighted by Crippen LogP contribution is 2.45. The van der Waals surface area contributed by atoms with Crippen LogP contribution < -0.4 is 20.3 Å². The van der Waals surface area contributed by atoms with E-state index in [-0.39, 0.29) is 31.2 Å². The number of nitrogens with one attached hydrogen (secondary N) is 2. The molecular weight excluding hydrogens is 676 g/mol. The van der Waals surface area contributed by atoms with Crippen molar-refractivity contribution in [3.8, 4) is 5.88 Å². The molecule has 1 saturated carbocycles. The van der Waals surface area contributed by atoms with E-state index in [4.69, 9.17) is 19.4 Å². The Morgan fingerprint density at radius 3 is 2.45 bits per heavy atom. The third-order valence-corrected chi connectivity index (χ3v) is 10.0. The minimum absolute atomic E-state index is 0.00553. The van der Waals surface area contributed by atoms with Gasteiger partial charge in [0.2, 0.25) is 11.8 Å². The van der Waals surface area contributed by atoms with Crippen molar-refractivity contribution in [2.45, 2.75) is 109 Å². The third kappa shape index (κ3) is 8.89. The molecule has 3 unspecified atom stereocenters.